The van der Waals surface area contributed by atoms with Crippen LogP contribution >= 0.6 is 0 Å². The Morgan fingerprint density at radius 1 is 0.815 bits per heavy atom. The summed E-state index contributed by atoms with van der Waals surface area (Å²) in [5.74, 6) is -2.57. The van der Waals surface area contributed by atoms with Crippen molar-refractivity contribution >= 4 is 11.0 Å². The van der Waals surface area contributed by atoms with E-state index in [0.29, 0.717) is 0 Å². The lowest BCUT2D eigenvalue weighted by Crippen LogP contribution is -2.08. The van der Waals surface area contributed by atoms with Crippen LogP contribution in [0, 0.1) is 0 Å². The van der Waals surface area contributed by atoms with Gasteiger partial charge in [-0.1, -0.05) is 0 Å². The van der Waals surface area contributed by atoms with Crippen molar-refractivity contribution in [3.8, 4) is 51.6 Å². The zero-order chi connectivity index (χ0) is 19.9. The van der Waals surface area contributed by atoms with Gasteiger partial charge in [0, 0.05) is 12.1 Å². The SMILES string of the molecule is COc1cc(O)c(O)cc1-c1oc2cc(O)c(OC)c(O)c2c(=O)c1OC. The zero-order valence-corrected chi connectivity index (χ0v) is 14.6. The lowest BCUT2D eigenvalue weighted by Gasteiger charge is -2.14. The monoisotopic (exact) mass is 376 g/mol. The van der Waals surface area contributed by atoms with Crippen molar-refractivity contribution in [3.05, 3.63) is 28.4 Å². The number of rotatable bonds is 4. The van der Waals surface area contributed by atoms with Crippen molar-refractivity contribution in [3.63, 3.8) is 0 Å². The second-order valence-electron chi connectivity index (χ2n) is 5.49. The van der Waals surface area contributed by atoms with Crippen molar-refractivity contribution in [1.29, 1.82) is 0 Å². The molecule has 2 aromatic carbocycles. The molecular weight excluding hydrogens is 360 g/mol. The topological polar surface area (TPSA) is 139 Å². The number of hydrogen-bond donors (Lipinski definition) is 4. The molecule has 0 fully saturated rings. The van der Waals surface area contributed by atoms with E-state index in [0.717, 1.165) is 18.2 Å². The minimum Gasteiger partial charge on any atom is -0.504 e. The van der Waals surface area contributed by atoms with Crippen LogP contribution in [0.3, 0.4) is 0 Å². The normalized spacial score (nSPS) is 10.8. The van der Waals surface area contributed by atoms with E-state index >= 15 is 0 Å². The number of benzene rings is 2. The third-order valence-corrected chi connectivity index (χ3v) is 4.00. The van der Waals surface area contributed by atoms with Crippen LogP contribution in [-0.4, -0.2) is 41.8 Å². The van der Waals surface area contributed by atoms with Crippen molar-refractivity contribution in [2.45, 2.75) is 0 Å². The molecule has 9 nitrogen and oxygen atoms in total. The standard InChI is InChI=1S/C18H16O9/c1-24-11-5-9(20)8(19)4-7(11)16-18(26-3)15(23)13-12(27-16)6-10(21)17(25-2)14(13)22/h4-6,19-22H,1-3H3. The van der Waals surface area contributed by atoms with E-state index in [9.17, 15) is 25.2 Å². The third kappa shape index (κ3) is 2.69. The Kier molecular flexibility index (Phi) is 4.36. The molecule has 3 aromatic rings. The maximum absolute atomic E-state index is 12.9. The molecule has 0 spiro atoms. The van der Waals surface area contributed by atoms with Gasteiger partial charge in [-0.2, -0.15) is 0 Å². The van der Waals surface area contributed by atoms with E-state index in [1.54, 1.807) is 0 Å². The Balaban J connectivity index is 2.46. The second-order valence-corrected chi connectivity index (χ2v) is 5.49. The van der Waals surface area contributed by atoms with Gasteiger partial charge >= 0.3 is 0 Å². The van der Waals surface area contributed by atoms with E-state index in [2.05, 4.69) is 0 Å². The number of ether oxygens (including phenoxy) is 3. The van der Waals surface area contributed by atoms with Gasteiger partial charge < -0.3 is 39.1 Å². The maximum atomic E-state index is 12.9. The summed E-state index contributed by atoms with van der Waals surface area (Å²) in [6.45, 7) is 0. The first-order chi connectivity index (χ1) is 12.8. The van der Waals surface area contributed by atoms with Crippen LogP contribution in [0.25, 0.3) is 22.3 Å². The third-order valence-electron chi connectivity index (χ3n) is 4.00. The molecule has 0 unspecified atom stereocenters. The first-order valence-electron chi connectivity index (χ1n) is 7.58. The molecule has 142 valence electrons. The summed E-state index contributed by atoms with van der Waals surface area (Å²) in [6.07, 6.45) is 0. The molecule has 0 atom stereocenters. The summed E-state index contributed by atoms with van der Waals surface area (Å²) in [7, 11) is 3.77. The van der Waals surface area contributed by atoms with E-state index in [1.165, 1.54) is 21.3 Å². The van der Waals surface area contributed by atoms with Gasteiger partial charge in [0.05, 0.1) is 26.9 Å². The average molecular weight is 376 g/mol. The number of phenols is 4. The van der Waals surface area contributed by atoms with Gasteiger partial charge in [-0.15, -0.1) is 0 Å². The molecule has 0 amide bonds. The van der Waals surface area contributed by atoms with E-state index in [-0.39, 0.29) is 39.5 Å². The highest BCUT2D eigenvalue weighted by Crippen LogP contribution is 2.46. The largest absolute Gasteiger partial charge is 0.504 e. The second kappa shape index (κ2) is 6.52. The van der Waals surface area contributed by atoms with Gasteiger partial charge in [-0.25, -0.2) is 0 Å². The Morgan fingerprint density at radius 3 is 2.04 bits per heavy atom. The minimum atomic E-state index is -0.737. The summed E-state index contributed by atoms with van der Waals surface area (Å²) < 4.78 is 20.9. The molecule has 0 aliphatic heterocycles. The summed E-state index contributed by atoms with van der Waals surface area (Å²) in [5.41, 5.74) is -0.779. The van der Waals surface area contributed by atoms with E-state index in [1.807, 2.05) is 0 Å². The van der Waals surface area contributed by atoms with Crippen molar-refractivity contribution in [1.82, 2.24) is 0 Å². The van der Waals surface area contributed by atoms with Crippen LogP contribution < -0.4 is 19.6 Å². The van der Waals surface area contributed by atoms with Gasteiger partial charge in [0.25, 0.3) is 0 Å². The van der Waals surface area contributed by atoms with Crippen LogP contribution in [0.4, 0.5) is 0 Å². The summed E-state index contributed by atoms with van der Waals surface area (Å²) >= 11 is 0. The molecule has 0 saturated heterocycles. The fourth-order valence-corrected chi connectivity index (χ4v) is 2.75. The average Bonchev–Trinajstić information content (AvgIpc) is 2.63. The zero-order valence-electron chi connectivity index (χ0n) is 14.6. The Labute approximate surface area is 152 Å². The van der Waals surface area contributed by atoms with E-state index < -0.39 is 28.4 Å². The molecule has 0 aliphatic rings. The molecule has 1 aromatic heterocycles. The molecule has 27 heavy (non-hydrogen) atoms. The fourth-order valence-electron chi connectivity index (χ4n) is 2.75. The van der Waals surface area contributed by atoms with Crippen LogP contribution in [0.15, 0.2) is 27.4 Å². The number of aromatic hydroxyl groups is 4. The number of fused-ring (bicyclic) bond motifs is 1. The quantitative estimate of drug-likeness (QED) is 0.505. The fraction of sp³-hybridized carbons (Fsp3) is 0.167. The first-order valence-corrected chi connectivity index (χ1v) is 7.58. The lowest BCUT2D eigenvalue weighted by atomic mass is 10.1. The predicted molar refractivity (Wildman–Crippen MR) is 94.2 cm³/mol. The van der Waals surface area contributed by atoms with Crippen LogP contribution in [0.5, 0.6) is 40.2 Å². The van der Waals surface area contributed by atoms with Gasteiger partial charge in [-0.3, -0.25) is 4.79 Å². The molecule has 0 bridgehead atoms. The predicted octanol–water partition coefficient (Wildman–Crippen LogP) is 2.31. The summed E-state index contributed by atoms with van der Waals surface area (Å²) in [5, 5.41) is 39.5. The number of hydrogen-bond acceptors (Lipinski definition) is 9. The van der Waals surface area contributed by atoms with Gasteiger partial charge in [0.2, 0.25) is 16.9 Å². The van der Waals surface area contributed by atoms with Crippen LogP contribution in [0.2, 0.25) is 0 Å². The van der Waals surface area contributed by atoms with Crippen molar-refractivity contribution in [2.75, 3.05) is 21.3 Å². The molecule has 0 aliphatic carbocycles. The number of methoxy groups -OCH3 is 3. The Bertz CT molecular complexity index is 1100. The molecule has 1 heterocycles. The molecule has 0 radical (unpaired) electrons. The molecule has 4 N–H and O–H groups in total. The van der Waals surface area contributed by atoms with Gasteiger partial charge in [-0.05, 0) is 6.07 Å². The molecular formula is C18H16O9. The number of phenolic OH excluding ortho intramolecular Hbond substituents is 4. The Hall–Kier alpha value is -3.75. The maximum Gasteiger partial charge on any atom is 0.239 e. The lowest BCUT2D eigenvalue weighted by molar-refractivity contribution is 0.345. The van der Waals surface area contributed by atoms with Crippen LogP contribution in [0.1, 0.15) is 0 Å². The molecule has 9 heteroatoms. The summed E-state index contributed by atoms with van der Waals surface area (Å²) in [4.78, 5) is 12.9. The smallest absolute Gasteiger partial charge is 0.239 e. The Morgan fingerprint density at radius 2 is 1.44 bits per heavy atom. The first kappa shape index (κ1) is 18.1. The van der Waals surface area contributed by atoms with Gasteiger partial charge in [0.15, 0.2) is 28.8 Å². The minimum absolute atomic E-state index is 0.0908. The van der Waals surface area contributed by atoms with Crippen LogP contribution in [-0.2, 0) is 0 Å². The van der Waals surface area contributed by atoms with E-state index in [4.69, 9.17) is 18.6 Å². The summed E-state index contributed by atoms with van der Waals surface area (Å²) in [6, 6.07) is 3.37. The van der Waals surface area contributed by atoms with Crippen molar-refractivity contribution in [2.24, 2.45) is 0 Å². The highest BCUT2D eigenvalue weighted by molar-refractivity contribution is 5.91. The highest BCUT2D eigenvalue weighted by atomic mass is 16.5. The van der Waals surface area contributed by atoms with Crippen molar-refractivity contribution < 1.29 is 39.1 Å². The molecule has 0 saturated carbocycles. The highest BCUT2D eigenvalue weighted by Gasteiger charge is 2.25. The molecule has 3 rings (SSSR count). The van der Waals surface area contributed by atoms with Gasteiger partial charge in [0.1, 0.15) is 16.7 Å².